The molecule has 4 nitrogen and oxygen atoms in total. The highest BCUT2D eigenvalue weighted by atomic mass is 17.1. The number of hydrogen-bond donors (Lipinski definition) is 1. The lowest BCUT2D eigenvalue weighted by Crippen LogP contribution is -2.12. The molecular formula is C11H20O4. The number of methoxy groups -OCH3 is 1. The highest BCUT2D eigenvalue weighted by molar-refractivity contribution is 5.75. The summed E-state index contributed by atoms with van der Waals surface area (Å²) < 4.78 is 4.85. The Labute approximate surface area is 90.8 Å². The molecule has 0 aromatic carbocycles. The standard InChI is InChI=1S/C11H20O4/c1-8(2)10(6-5-9(3)12)7-11(14-4)15-13/h7-8,11,13H,5-6H2,1-4H3. The van der Waals surface area contributed by atoms with Gasteiger partial charge in [0.2, 0.25) is 6.29 Å². The van der Waals surface area contributed by atoms with Crippen LogP contribution in [0.5, 0.6) is 0 Å². The lowest BCUT2D eigenvalue weighted by atomic mass is 9.97. The number of ketones is 1. The molecule has 0 aliphatic carbocycles. The lowest BCUT2D eigenvalue weighted by molar-refractivity contribution is -0.323. The number of carbonyl (C=O) groups is 1. The van der Waals surface area contributed by atoms with E-state index in [2.05, 4.69) is 4.89 Å². The van der Waals surface area contributed by atoms with Crippen LogP contribution in [0.25, 0.3) is 0 Å². The van der Waals surface area contributed by atoms with Crippen molar-refractivity contribution in [3.05, 3.63) is 11.6 Å². The summed E-state index contributed by atoms with van der Waals surface area (Å²) in [5.74, 6) is 0.456. The maximum Gasteiger partial charge on any atom is 0.210 e. The molecule has 0 aromatic heterocycles. The molecule has 0 heterocycles. The highest BCUT2D eigenvalue weighted by Gasteiger charge is 2.09. The Balaban J connectivity index is 4.42. The van der Waals surface area contributed by atoms with Gasteiger partial charge in [-0.15, -0.1) is 0 Å². The molecule has 15 heavy (non-hydrogen) atoms. The first-order valence-electron chi connectivity index (χ1n) is 5.04. The van der Waals surface area contributed by atoms with Gasteiger partial charge in [-0.25, -0.2) is 10.1 Å². The Morgan fingerprint density at radius 3 is 2.33 bits per heavy atom. The minimum absolute atomic E-state index is 0.153. The molecule has 0 rings (SSSR count). The molecule has 0 aliphatic heterocycles. The second-order valence-corrected chi connectivity index (χ2v) is 3.81. The van der Waals surface area contributed by atoms with Crippen LogP contribution in [-0.2, 0) is 14.4 Å². The Morgan fingerprint density at radius 1 is 1.40 bits per heavy atom. The average Bonchev–Trinajstić information content (AvgIpc) is 2.17. The van der Waals surface area contributed by atoms with Gasteiger partial charge >= 0.3 is 0 Å². The Kier molecular flexibility index (Phi) is 7.21. The molecule has 0 aliphatic rings. The van der Waals surface area contributed by atoms with Crippen molar-refractivity contribution in [3.63, 3.8) is 0 Å². The van der Waals surface area contributed by atoms with Gasteiger partial charge in [-0.2, -0.15) is 0 Å². The van der Waals surface area contributed by atoms with Gasteiger partial charge < -0.3 is 9.53 Å². The third-order valence-corrected chi connectivity index (χ3v) is 2.19. The molecule has 1 atom stereocenters. The van der Waals surface area contributed by atoms with Gasteiger partial charge in [0.05, 0.1) is 0 Å². The van der Waals surface area contributed by atoms with Gasteiger partial charge in [-0.1, -0.05) is 19.4 Å². The summed E-state index contributed by atoms with van der Waals surface area (Å²) in [4.78, 5) is 15.0. The third-order valence-electron chi connectivity index (χ3n) is 2.19. The second kappa shape index (κ2) is 7.56. The van der Waals surface area contributed by atoms with E-state index in [1.54, 1.807) is 13.0 Å². The molecule has 0 saturated heterocycles. The predicted molar refractivity (Wildman–Crippen MR) is 57.3 cm³/mol. The van der Waals surface area contributed by atoms with Gasteiger partial charge in [0.25, 0.3) is 0 Å². The fourth-order valence-electron chi connectivity index (χ4n) is 1.20. The molecule has 0 spiro atoms. The average molecular weight is 216 g/mol. The molecule has 1 N–H and O–H groups in total. The van der Waals surface area contributed by atoms with E-state index in [1.807, 2.05) is 13.8 Å². The summed E-state index contributed by atoms with van der Waals surface area (Å²) in [5, 5.41) is 8.50. The van der Waals surface area contributed by atoms with Crippen molar-refractivity contribution in [2.24, 2.45) is 5.92 Å². The zero-order valence-corrected chi connectivity index (χ0v) is 9.82. The maximum atomic E-state index is 10.9. The number of ether oxygens (including phenoxy) is 1. The van der Waals surface area contributed by atoms with E-state index >= 15 is 0 Å². The minimum atomic E-state index is -0.755. The Bertz CT molecular complexity index is 217. The number of rotatable bonds is 7. The summed E-state index contributed by atoms with van der Waals surface area (Å²) in [7, 11) is 1.44. The summed E-state index contributed by atoms with van der Waals surface area (Å²) >= 11 is 0. The van der Waals surface area contributed by atoms with E-state index < -0.39 is 6.29 Å². The van der Waals surface area contributed by atoms with Gasteiger partial charge in [0, 0.05) is 13.5 Å². The Morgan fingerprint density at radius 2 is 2.00 bits per heavy atom. The fourth-order valence-corrected chi connectivity index (χ4v) is 1.20. The van der Waals surface area contributed by atoms with Crippen molar-refractivity contribution in [2.75, 3.05) is 7.11 Å². The van der Waals surface area contributed by atoms with Crippen LogP contribution in [0.15, 0.2) is 11.6 Å². The Hall–Kier alpha value is -0.710. The predicted octanol–water partition coefficient (Wildman–Crippen LogP) is 2.40. The van der Waals surface area contributed by atoms with E-state index in [0.29, 0.717) is 18.8 Å². The molecule has 88 valence electrons. The summed E-state index contributed by atoms with van der Waals surface area (Å²) in [5.41, 5.74) is 1.05. The summed E-state index contributed by atoms with van der Waals surface area (Å²) in [6.45, 7) is 5.61. The maximum absolute atomic E-state index is 10.9. The largest absolute Gasteiger partial charge is 0.350 e. The van der Waals surface area contributed by atoms with Crippen LogP contribution in [0.1, 0.15) is 33.6 Å². The van der Waals surface area contributed by atoms with Crippen molar-refractivity contribution >= 4 is 5.78 Å². The van der Waals surface area contributed by atoms with Gasteiger partial charge in [-0.05, 0) is 25.3 Å². The van der Waals surface area contributed by atoms with Crippen molar-refractivity contribution in [2.45, 2.75) is 39.9 Å². The first-order chi connectivity index (χ1) is 7.01. The van der Waals surface area contributed by atoms with Crippen LogP contribution < -0.4 is 0 Å². The van der Waals surface area contributed by atoms with E-state index in [0.717, 1.165) is 5.57 Å². The monoisotopic (exact) mass is 216 g/mol. The van der Waals surface area contributed by atoms with Crippen molar-refractivity contribution < 1.29 is 19.7 Å². The molecule has 4 heteroatoms. The first kappa shape index (κ1) is 14.3. The SMILES string of the molecule is COC(C=C(CCC(C)=O)C(C)C)OO. The molecular weight excluding hydrogens is 196 g/mol. The normalized spacial score (nSPS) is 14.4. The summed E-state index contributed by atoms with van der Waals surface area (Å²) in [6, 6.07) is 0. The van der Waals surface area contributed by atoms with Crippen LogP contribution in [0.2, 0.25) is 0 Å². The van der Waals surface area contributed by atoms with Crippen LogP contribution in [-0.4, -0.2) is 24.4 Å². The molecule has 0 fully saturated rings. The highest BCUT2D eigenvalue weighted by Crippen LogP contribution is 2.17. The minimum Gasteiger partial charge on any atom is -0.350 e. The zero-order chi connectivity index (χ0) is 11.8. The van der Waals surface area contributed by atoms with Crippen LogP contribution in [0.4, 0.5) is 0 Å². The van der Waals surface area contributed by atoms with E-state index in [-0.39, 0.29) is 5.78 Å². The smallest absolute Gasteiger partial charge is 0.210 e. The molecule has 0 aromatic rings. The number of allylic oxidation sites excluding steroid dienone is 1. The van der Waals surface area contributed by atoms with Crippen molar-refractivity contribution in [3.8, 4) is 0 Å². The lowest BCUT2D eigenvalue weighted by Gasteiger charge is -2.14. The van der Waals surface area contributed by atoms with Crippen LogP contribution in [0.3, 0.4) is 0 Å². The number of carbonyl (C=O) groups excluding carboxylic acids is 1. The van der Waals surface area contributed by atoms with E-state index in [9.17, 15) is 4.79 Å². The molecule has 1 unspecified atom stereocenters. The van der Waals surface area contributed by atoms with Crippen molar-refractivity contribution in [1.82, 2.24) is 0 Å². The van der Waals surface area contributed by atoms with Gasteiger partial charge in [0.15, 0.2) is 0 Å². The van der Waals surface area contributed by atoms with Crippen LogP contribution >= 0.6 is 0 Å². The quantitative estimate of drug-likeness (QED) is 0.307. The first-order valence-corrected chi connectivity index (χ1v) is 5.04. The molecule has 0 bridgehead atoms. The number of hydrogen-bond acceptors (Lipinski definition) is 4. The fraction of sp³-hybridized carbons (Fsp3) is 0.727. The van der Waals surface area contributed by atoms with Gasteiger partial charge in [-0.3, -0.25) is 0 Å². The number of Topliss-reactive ketones (excluding diaryl/α,β-unsaturated/α-hetero) is 1. The van der Waals surface area contributed by atoms with Crippen LogP contribution in [0, 0.1) is 5.92 Å². The third kappa shape index (κ3) is 6.38. The topological polar surface area (TPSA) is 55.8 Å². The molecule has 0 amide bonds. The second-order valence-electron chi connectivity index (χ2n) is 3.81. The summed E-state index contributed by atoms with van der Waals surface area (Å²) in [6.07, 6.45) is 2.13. The van der Waals surface area contributed by atoms with E-state index in [4.69, 9.17) is 9.99 Å². The van der Waals surface area contributed by atoms with Crippen molar-refractivity contribution in [1.29, 1.82) is 0 Å². The van der Waals surface area contributed by atoms with Gasteiger partial charge in [0.1, 0.15) is 5.78 Å². The van der Waals surface area contributed by atoms with E-state index in [1.165, 1.54) is 7.11 Å². The molecule has 0 radical (unpaired) electrons. The molecule has 0 saturated carbocycles. The zero-order valence-electron chi connectivity index (χ0n) is 9.82.